The molecule has 1 atom stereocenters. The number of hydrogen-bond acceptors (Lipinski definition) is 4. The van der Waals surface area contributed by atoms with Crippen LogP contribution >= 0.6 is 0 Å². The van der Waals surface area contributed by atoms with Crippen LogP contribution in [0.15, 0.2) is 60.2 Å². The zero-order valence-electron chi connectivity index (χ0n) is 23.3. The third-order valence-corrected chi connectivity index (χ3v) is 6.91. The highest BCUT2D eigenvalue weighted by Gasteiger charge is 2.15. The lowest BCUT2D eigenvalue weighted by Gasteiger charge is -2.14. The lowest BCUT2D eigenvalue weighted by atomic mass is 10.0. The smallest absolute Gasteiger partial charge is 0.263 e. The number of nitrogens with one attached hydrogen (secondary N) is 1. The van der Waals surface area contributed by atoms with Gasteiger partial charge in [0.15, 0.2) is 0 Å². The zero-order chi connectivity index (χ0) is 27.9. The van der Waals surface area contributed by atoms with Crippen LogP contribution in [0.25, 0.3) is 21.9 Å². The van der Waals surface area contributed by atoms with E-state index in [1.54, 1.807) is 22.9 Å². The Balaban J connectivity index is 1.44. The van der Waals surface area contributed by atoms with Crippen molar-refractivity contribution in [3.05, 3.63) is 82.7 Å². The Labute approximate surface area is 230 Å². The fourth-order valence-electron chi connectivity index (χ4n) is 5.03. The van der Waals surface area contributed by atoms with E-state index in [-0.39, 0.29) is 23.7 Å². The second-order valence-electron chi connectivity index (χ2n) is 10.4. The monoisotopic (exact) mass is 523 g/mol. The van der Waals surface area contributed by atoms with Crippen molar-refractivity contribution in [1.82, 2.24) is 24.4 Å². The number of pyridine rings is 2. The van der Waals surface area contributed by atoms with Gasteiger partial charge in [0.05, 0.1) is 23.8 Å². The Bertz CT molecular complexity index is 1620. The summed E-state index contributed by atoms with van der Waals surface area (Å²) in [4.78, 5) is 34.9. The molecule has 4 aromatic rings. The molecule has 0 saturated heterocycles. The van der Waals surface area contributed by atoms with Gasteiger partial charge in [-0.15, -0.1) is 6.58 Å². The molecule has 202 valence electrons. The Hall–Kier alpha value is -4.18. The molecule has 7 heteroatoms. The molecule has 1 aromatic carbocycles. The first-order valence-electron chi connectivity index (χ1n) is 13.6. The van der Waals surface area contributed by atoms with Crippen molar-refractivity contribution in [2.45, 2.75) is 66.0 Å². The number of hydrogen-bond donors (Lipinski definition) is 1. The molecule has 1 N–H and O–H groups in total. The van der Waals surface area contributed by atoms with E-state index in [2.05, 4.69) is 59.0 Å². The molecule has 0 unspecified atom stereocenters. The fourth-order valence-corrected chi connectivity index (χ4v) is 5.03. The van der Waals surface area contributed by atoms with E-state index in [1.807, 2.05) is 37.4 Å². The molecule has 0 saturated carbocycles. The second-order valence-corrected chi connectivity index (χ2v) is 10.4. The number of nitrogens with zero attached hydrogens (tertiary/aromatic N) is 4. The molecule has 39 heavy (non-hydrogen) atoms. The van der Waals surface area contributed by atoms with E-state index in [4.69, 9.17) is 0 Å². The Kier molecular flexibility index (Phi) is 8.98. The number of benzene rings is 1. The summed E-state index contributed by atoms with van der Waals surface area (Å²) in [6.45, 7) is 12.9. The lowest BCUT2D eigenvalue weighted by molar-refractivity contribution is 0.0956. The van der Waals surface area contributed by atoms with Crippen LogP contribution in [-0.4, -0.2) is 31.6 Å². The summed E-state index contributed by atoms with van der Waals surface area (Å²) in [5, 5.41) is 3.77. The third-order valence-electron chi connectivity index (χ3n) is 6.91. The van der Waals surface area contributed by atoms with E-state index in [9.17, 15) is 9.59 Å². The molecule has 7 nitrogen and oxygen atoms in total. The lowest BCUT2D eigenvalue weighted by Crippen LogP contribution is -2.33. The standard InChI is InChI=1S/C32H37N5O2/c1-6-7-8-9-12-23(4)21-36-18-11-14-26(32(36)39)31(38)33-17-10-13-25-15-16-28-27(19-25)30-29(20-34-28)35-24(5)37(30)22(2)3/h6,11,14-16,18-20,22-23H,1,7-9,12,17,21H2,2-5H3,(H,33,38)/t23-/m1/s1. The number of amides is 1. The zero-order valence-corrected chi connectivity index (χ0v) is 23.3. The van der Waals surface area contributed by atoms with Gasteiger partial charge in [-0.05, 0) is 76.3 Å². The minimum absolute atomic E-state index is 0.134. The van der Waals surface area contributed by atoms with Crippen molar-refractivity contribution in [2.24, 2.45) is 5.92 Å². The molecule has 0 aliphatic heterocycles. The van der Waals surface area contributed by atoms with Gasteiger partial charge in [0, 0.05) is 29.7 Å². The normalized spacial score (nSPS) is 11.9. The molecule has 0 radical (unpaired) electrons. The summed E-state index contributed by atoms with van der Waals surface area (Å²) in [5.41, 5.74) is 3.48. The van der Waals surface area contributed by atoms with Crippen LogP contribution in [0.1, 0.15) is 74.2 Å². The predicted molar refractivity (Wildman–Crippen MR) is 158 cm³/mol. The van der Waals surface area contributed by atoms with Crippen molar-refractivity contribution in [1.29, 1.82) is 0 Å². The van der Waals surface area contributed by atoms with Crippen molar-refractivity contribution in [3.8, 4) is 11.8 Å². The molecule has 3 heterocycles. The first-order chi connectivity index (χ1) is 18.8. The first kappa shape index (κ1) is 27.8. The molecule has 3 aromatic heterocycles. The fraction of sp³-hybridized carbons (Fsp3) is 0.375. The van der Waals surface area contributed by atoms with Crippen molar-refractivity contribution in [3.63, 3.8) is 0 Å². The van der Waals surface area contributed by atoms with E-state index in [1.165, 1.54) is 0 Å². The molecular formula is C32H37N5O2. The van der Waals surface area contributed by atoms with E-state index >= 15 is 0 Å². The number of aryl methyl sites for hydroxylation is 1. The van der Waals surface area contributed by atoms with Gasteiger partial charge >= 0.3 is 0 Å². The topological polar surface area (TPSA) is 81.8 Å². The summed E-state index contributed by atoms with van der Waals surface area (Å²) in [6.07, 6.45) is 9.74. The van der Waals surface area contributed by atoms with Gasteiger partial charge in [0.25, 0.3) is 11.5 Å². The minimum atomic E-state index is -0.414. The number of carbonyl (C=O) groups excluding carboxylic acids is 1. The van der Waals surface area contributed by atoms with Crippen LogP contribution in [0.2, 0.25) is 0 Å². The minimum Gasteiger partial charge on any atom is -0.341 e. The van der Waals surface area contributed by atoms with E-state index < -0.39 is 5.91 Å². The van der Waals surface area contributed by atoms with Crippen LogP contribution in [0.4, 0.5) is 0 Å². The van der Waals surface area contributed by atoms with Crippen LogP contribution < -0.4 is 10.9 Å². The molecule has 0 aliphatic carbocycles. The Morgan fingerprint density at radius 3 is 2.77 bits per heavy atom. The molecular weight excluding hydrogens is 486 g/mol. The average Bonchev–Trinajstić information content (AvgIpc) is 3.26. The van der Waals surface area contributed by atoms with Crippen LogP contribution in [-0.2, 0) is 6.54 Å². The number of aromatic nitrogens is 4. The molecule has 0 bridgehead atoms. The number of unbranched alkanes of at least 4 members (excludes halogenated alkanes) is 2. The van der Waals surface area contributed by atoms with Gasteiger partial charge in [0.2, 0.25) is 0 Å². The van der Waals surface area contributed by atoms with Gasteiger partial charge in [-0.1, -0.05) is 31.3 Å². The number of fused-ring (bicyclic) bond motifs is 3. The summed E-state index contributed by atoms with van der Waals surface area (Å²) in [5.74, 6) is 7.03. The summed E-state index contributed by atoms with van der Waals surface area (Å²) < 4.78 is 3.85. The SMILES string of the molecule is C=CCCCC[C@@H](C)Cn1cccc(C(=O)NCC#Cc2ccc3ncc4nc(C)n(C(C)C)c4c3c2)c1=O. The highest BCUT2D eigenvalue weighted by Crippen LogP contribution is 2.28. The highest BCUT2D eigenvalue weighted by atomic mass is 16.2. The van der Waals surface area contributed by atoms with E-state index in [0.29, 0.717) is 12.5 Å². The number of imidazole rings is 1. The summed E-state index contributed by atoms with van der Waals surface area (Å²) in [6, 6.07) is 9.48. The Morgan fingerprint density at radius 1 is 1.18 bits per heavy atom. The number of rotatable bonds is 10. The van der Waals surface area contributed by atoms with Gasteiger partial charge in [-0.2, -0.15) is 0 Å². The molecule has 0 spiro atoms. The number of carbonyl (C=O) groups is 1. The summed E-state index contributed by atoms with van der Waals surface area (Å²) >= 11 is 0. The Morgan fingerprint density at radius 2 is 2.00 bits per heavy atom. The third kappa shape index (κ3) is 6.46. The van der Waals surface area contributed by atoms with Crippen LogP contribution in [0.5, 0.6) is 0 Å². The first-order valence-corrected chi connectivity index (χ1v) is 13.6. The molecule has 0 fully saturated rings. The van der Waals surface area contributed by atoms with Gasteiger partial charge in [0.1, 0.15) is 16.9 Å². The maximum atomic E-state index is 12.9. The molecule has 4 rings (SSSR count). The maximum Gasteiger partial charge on any atom is 0.263 e. The quantitative estimate of drug-likeness (QED) is 0.162. The van der Waals surface area contributed by atoms with Crippen molar-refractivity contribution in [2.75, 3.05) is 6.54 Å². The predicted octanol–water partition coefficient (Wildman–Crippen LogP) is 5.80. The largest absolute Gasteiger partial charge is 0.341 e. The number of allylic oxidation sites excluding steroid dienone is 1. The summed E-state index contributed by atoms with van der Waals surface area (Å²) in [7, 11) is 0. The average molecular weight is 524 g/mol. The van der Waals surface area contributed by atoms with Crippen molar-refractivity contribution < 1.29 is 4.79 Å². The highest BCUT2D eigenvalue weighted by molar-refractivity contribution is 6.03. The van der Waals surface area contributed by atoms with Gasteiger partial charge < -0.3 is 14.5 Å². The van der Waals surface area contributed by atoms with Crippen LogP contribution in [0.3, 0.4) is 0 Å². The van der Waals surface area contributed by atoms with Crippen LogP contribution in [0, 0.1) is 24.7 Å². The maximum absolute atomic E-state index is 12.9. The van der Waals surface area contributed by atoms with Gasteiger partial charge in [-0.25, -0.2) is 4.98 Å². The van der Waals surface area contributed by atoms with Gasteiger partial charge in [-0.3, -0.25) is 14.6 Å². The second kappa shape index (κ2) is 12.6. The molecule has 1 amide bonds. The molecule has 0 aliphatic rings. The van der Waals surface area contributed by atoms with E-state index in [0.717, 1.165) is 59.0 Å². The van der Waals surface area contributed by atoms with Crippen molar-refractivity contribution >= 4 is 27.8 Å².